The van der Waals surface area contributed by atoms with E-state index >= 15 is 0 Å². The average molecular weight is 435 g/mol. The quantitative estimate of drug-likeness (QED) is 0.468. The Kier molecular flexibility index (Phi) is 4.80. The van der Waals surface area contributed by atoms with Crippen molar-refractivity contribution in [3.8, 4) is 16.2 Å². The second-order valence-electron chi connectivity index (χ2n) is 6.96. The largest absolute Gasteiger partial charge is 0.508 e. The van der Waals surface area contributed by atoms with Crippen molar-refractivity contribution < 1.29 is 9.90 Å². The van der Waals surface area contributed by atoms with E-state index < -0.39 is 0 Å². The lowest BCUT2D eigenvalue weighted by atomic mass is 10.2. The van der Waals surface area contributed by atoms with Crippen molar-refractivity contribution in [1.82, 2.24) is 15.0 Å². The highest BCUT2D eigenvalue weighted by Crippen LogP contribution is 2.44. The van der Waals surface area contributed by atoms with Gasteiger partial charge in [-0.3, -0.25) is 10.2 Å². The molecule has 0 radical (unpaired) electrons. The first kappa shape index (κ1) is 18.9. The molecule has 8 heteroatoms. The minimum atomic E-state index is -0.216. The molecule has 1 fully saturated rings. The smallest absolute Gasteiger partial charge is 0.255 e. The summed E-state index contributed by atoms with van der Waals surface area (Å²) < 4.78 is 0.901. The Labute approximate surface area is 181 Å². The van der Waals surface area contributed by atoms with E-state index in [0.29, 0.717) is 5.82 Å². The maximum atomic E-state index is 12.9. The van der Waals surface area contributed by atoms with Crippen molar-refractivity contribution in [2.75, 3.05) is 5.43 Å². The summed E-state index contributed by atoms with van der Waals surface area (Å²) in [5, 5.41) is 10.8. The molecule has 1 aliphatic heterocycles. The number of hydrazine groups is 1. The number of fused-ring (bicyclic) bond motifs is 1. The highest BCUT2D eigenvalue weighted by Gasteiger charge is 2.39. The number of phenols is 1. The Morgan fingerprint density at radius 3 is 2.60 bits per heavy atom. The van der Waals surface area contributed by atoms with Gasteiger partial charge in [0.1, 0.15) is 17.5 Å². The molecule has 1 saturated heterocycles. The maximum absolute atomic E-state index is 12.9. The molecule has 2 aromatic carbocycles. The zero-order chi connectivity index (χ0) is 20.7. The summed E-state index contributed by atoms with van der Waals surface area (Å²) in [5.74, 6) is 0.800. The van der Waals surface area contributed by atoms with E-state index in [-0.39, 0.29) is 22.3 Å². The van der Waals surface area contributed by atoms with Crippen molar-refractivity contribution in [2.24, 2.45) is 0 Å². The van der Waals surface area contributed by atoms with E-state index in [9.17, 15) is 9.90 Å². The maximum Gasteiger partial charge on any atom is 0.255 e. The predicted molar refractivity (Wildman–Crippen MR) is 121 cm³/mol. The number of amides is 1. The summed E-state index contributed by atoms with van der Waals surface area (Å²) in [7, 11) is 0. The number of thiophene rings is 1. The molecule has 0 saturated carbocycles. The van der Waals surface area contributed by atoms with Gasteiger partial charge in [0.15, 0.2) is 5.82 Å². The number of aromatic nitrogens is 2. The zero-order valence-electron chi connectivity index (χ0n) is 16.0. The topological polar surface area (TPSA) is 78.3 Å². The molecule has 2 N–H and O–H groups in total. The molecule has 4 aromatic rings. The van der Waals surface area contributed by atoms with Gasteiger partial charge in [-0.15, -0.1) is 23.1 Å². The molecule has 2 aromatic heterocycles. The fraction of sp³-hybridized carbons (Fsp3) is 0.136. The molecule has 2 unspecified atom stereocenters. The minimum Gasteiger partial charge on any atom is -0.508 e. The van der Waals surface area contributed by atoms with Crippen LogP contribution < -0.4 is 5.43 Å². The molecule has 1 amide bonds. The molecular formula is C22H18N4O2S2. The van der Waals surface area contributed by atoms with E-state index in [1.54, 1.807) is 40.2 Å². The molecule has 3 heterocycles. The van der Waals surface area contributed by atoms with Crippen molar-refractivity contribution in [3.63, 3.8) is 0 Å². The number of hydrogen-bond acceptors (Lipinski definition) is 7. The molecule has 6 nitrogen and oxygen atoms in total. The fourth-order valence-corrected chi connectivity index (χ4v) is 5.66. The first-order chi connectivity index (χ1) is 14.6. The summed E-state index contributed by atoms with van der Waals surface area (Å²) in [5.41, 5.74) is 6.14. The van der Waals surface area contributed by atoms with E-state index in [4.69, 9.17) is 0 Å². The Balaban J connectivity index is 1.51. The Bertz CT molecular complexity index is 1210. The average Bonchev–Trinajstić information content (AvgIpc) is 3.33. The van der Waals surface area contributed by atoms with Crippen LogP contribution in [0.2, 0.25) is 0 Å². The van der Waals surface area contributed by atoms with Crippen LogP contribution in [0.5, 0.6) is 5.75 Å². The SMILES string of the molecule is CC1SC(c2ccc(O)cc2)N(Nc2ncnc3cc(-c4ccccc4)sc23)C1=O. The normalized spacial score (nSPS) is 18.8. The van der Waals surface area contributed by atoms with Crippen molar-refractivity contribution in [2.45, 2.75) is 17.5 Å². The van der Waals surface area contributed by atoms with Crippen LogP contribution in [0, 0.1) is 0 Å². The van der Waals surface area contributed by atoms with Gasteiger partial charge < -0.3 is 5.11 Å². The first-order valence-corrected chi connectivity index (χ1v) is 11.2. The standard InChI is InChI=1S/C22H18N4O2S2/c1-13-21(28)26(22(29-13)15-7-9-16(27)10-8-15)25-20-19-17(23-12-24-20)11-18(30-19)14-5-3-2-4-6-14/h2-13,22,27H,1H3,(H,23,24,25). The van der Waals surface area contributed by atoms with Crippen LogP contribution in [0.1, 0.15) is 17.9 Å². The van der Waals surface area contributed by atoms with E-state index in [0.717, 1.165) is 26.2 Å². The van der Waals surface area contributed by atoms with Crippen LogP contribution in [0.25, 0.3) is 20.7 Å². The summed E-state index contributed by atoms with van der Waals surface area (Å²) in [6.07, 6.45) is 1.51. The number of carbonyl (C=O) groups is 1. The van der Waals surface area contributed by atoms with Crippen LogP contribution in [0.15, 0.2) is 67.0 Å². The van der Waals surface area contributed by atoms with Crippen LogP contribution in [0.4, 0.5) is 5.82 Å². The lowest BCUT2D eigenvalue weighted by Gasteiger charge is -2.25. The van der Waals surface area contributed by atoms with Gasteiger partial charge in [0.2, 0.25) is 0 Å². The predicted octanol–water partition coefficient (Wildman–Crippen LogP) is 5.05. The molecular weight excluding hydrogens is 416 g/mol. The zero-order valence-corrected chi connectivity index (χ0v) is 17.7. The van der Waals surface area contributed by atoms with Gasteiger partial charge in [-0.1, -0.05) is 42.5 Å². The fourth-order valence-electron chi connectivity index (χ4n) is 3.40. The third-order valence-electron chi connectivity index (χ3n) is 4.93. The molecule has 5 rings (SSSR count). The molecule has 0 bridgehead atoms. The molecule has 2 atom stereocenters. The van der Waals surface area contributed by atoms with Gasteiger partial charge in [-0.25, -0.2) is 15.0 Å². The van der Waals surface area contributed by atoms with Crippen molar-refractivity contribution in [1.29, 1.82) is 0 Å². The number of benzene rings is 2. The van der Waals surface area contributed by atoms with Gasteiger partial charge >= 0.3 is 0 Å². The third kappa shape index (κ3) is 3.38. The molecule has 0 aliphatic carbocycles. The van der Waals surface area contributed by atoms with Gasteiger partial charge in [0, 0.05) is 4.88 Å². The summed E-state index contributed by atoms with van der Waals surface area (Å²) >= 11 is 3.16. The number of carbonyl (C=O) groups excluding carboxylic acids is 1. The number of hydrogen-bond donors (Lipinski definition) is 2. The lowest BCUT2D eigenvalue weighted by molar-refractivity contribution is -0.128. The van der Waals surface area contributed by atoms with Crippen molar-refractivity contribution >= 4 is 45.0 Å². The molecule has 30 heavy (non-hydrogen) atoms. The number of nitrogens with one attached hydrogen (secondary N) is 1. The Morgan fingerprint density at radius 2 is 1.83 bits per heavy atom. The van der Waals surface area contributed by atoms with Gasteiger partial charge in [-0.2, -0.15) is 0 Å². The molecule has 0 spiro atoms. The van der Waals surface area contributed by atoms with Gasteiger partial charge in [0.25, 0.3) is 5.91 Å². The van der Waals surface area contributed by atoms with Crippen LogP contribution in [-0.4, -0.2) is 31.2 Å². The second-order valence-corrected chi connectivity index (χ2v) is 9.43. The number of aromatic hydroxyl groups is 1. The summed E-state index contributed by atoms with van der Waals surface area (Å²) in [6, 6.07) is 19.1. The Morgan fingerprint density at radius 1 is 1.07 bits per heavy atom. The van der Waals surface area contributed by atoms with Crippen LogP contribution in [-0.2, 0) is 4.79 Å². The number of anilines is 1. The monoisotopic (exact) mass is 434 g/mol. The van der Waals surface area contributed by atoms with Crippen molar-refractivity contribution in [3.05, 3.63) is 72.6 Å². The summed E-state index contributed by atoms with van der Waals surface area (Å²) in [6.45, 7) is 1.90. The van der Waals surface area contributed by atoms with E-state index in [2.05, 4.69) is 27.5 Å². The number of phenolic OH excluding ortho intramolecular Hbond substituents is 1. The first-order valence-electron chi connectivity index (χ1n) is 9.44. The minimum absolute atomic E-state index is 0.00956. The highest BCUT2D eigenvalue weighted by molar-refractivity contribution is 8.01. The van der Waals surface area contributed by atoms with Crippen LogP contribution in [0.3, 0.4) is 0 Å². The number of nitrogens with zero attached hydrogens (tertiary/aromatic N) is 3. The summed E-state index contributed by atoms with van der Waals surface area (Å²) in [4.78, 5) is 22.8. The molecule has 1 aliphatic rings. The molecule has 150 valence electrons. The third-order valence-corrected chi connectivity index (χ3v) is 7.46. The highest BCUT2D eigenvalue weighted by atomic mass is 32.2. The van der Waals surface area contributed by atoms with Gasteiger partial charge in [0.05, 0.1) is 15.5 Å². The lowest BCUT2D eigenvalue weighted by Crippen LogP contribution is -2.35. The second kappa shape index (κ2) is 7.62. The van der Waals surface area contributed by atoms with Gasteiger partial charge in [-0.05, 0) is 36.2 Å². The van der Waals surface area contributed by atoms with E-state index in [1.807, 2.05) is 43.3 Å². The van der Waals surface area contributed by atoms with E-state index in [1.165, 1.54) is 6.33 Å². The van der Waals surface area contributed by atoms with Crippen LogP contribution >= 0.6 is 23.1 Å². The number of thioether (sulfide) groups is 1. The number of rotatable bonds is 4. The Hall–Kier alpha value is -3.10.